The molecule has 0 amide bonds. The second-order valence-corrected chi connectivity index (χ2v) is 1.49. The third-order valence-corrected chi connectivity index (χ3v) is 0.843. The van der Waals surface area contributed by atoms with Gasteiger partial charge >= 0.3 is 23.1 Å². The van der Waals surface area contributed by atoms with Crippen LogP contribution < -0.4 is 4.70 Å². The summed E-state index contributed by atoms with van der Waals surface area (Å²) in [5.41, 5.74) is 1.07. The first-order chi connectivity index (χ1) is 3.39. The van der Waals surface area contributed by atoms with Gasteiger partial charge < -0.3 is 4.70 Å². The minimum Gasteiger partial charge on any atom is -1.00 e. The first-order valence-electron chi connectivity index (χ1n) is 2.26. The molecule has 0 saturated heterocycles. The van der Waals surface area contributed by atoms with Crippen LogP contribution in [-0.4, -0.2) is 23.1 Å². The van der Waals surface area contributed by atoms with Crippen LogP contribution in [0.2, 0.25) is 0 Å². The Hall–Kier alpha value is 0.700. The molecule has 0 unspecified atom stereocenters. The van der Waals surface area contributed by atoms with Gasteiger partial charge in [-0.05, 0) is 0 Å². The Morgan fingerprint density at radius 2 is 1.36 bits per heavy atom. The Labute approximate surface area is 102 Å². The van der Waals surface area contributed by atoms with E-state index in [1.54, 1.807) is 0 Å². The molecule has 54 valence electrons. The van der Waals surface area contributed by atoms with E-state index in [9.17, 15) is 0 Å². The molecule has 0 aromatic heterocycles. The average Bonchev–Trinajstić information content (AvgIpc) is 1.69. The topological polar surface area (TPSA) is 0 Å². The molecule has 0 bridgehead atoms. The van der Waals surface area contributed by atoms with Gasteiger partial charge in [-0.2, -0.15) is 24.6 Å². The molecule has 0 aliphatic carbocycles. The molecule has 4 heteroatoms. The van der Waals surface area contributed by atoms with Crippen LogP contribution >= 0.6 is 12.4 Å². The van der Waals surface area contributed by atoms with E-state index in [1.165, 1.54) is 0 Å². The van der Waals surface area contributed by atoms with Crippen LogP contribution in [0.5, 0.6) is 0 Å². The second-order valence-electron chi connectivity index (χ2n) is 1.49. The van der Waals surface area contributed by atoms with Crippen molar-refractivity contribution in [2.75, 3.05) is 0 Å². The standard InChI is InChI=1S/C7H7.ClH.FH.Mg.Zn/c1-7-5-3-2-4-6-7;;;;/h2-6H,1H2;2*1H;;/q-1;;;+2;/p-1. The molecule has 0 saturated carbocycles. The summed E-state index contributed by atoms with van der Waals surface area (Å²) in [4.78, 5) is 0. The molecule has 1 aromatic rings. The van der Waals surface area contributed by atoms with Gasteiger partial charge in [0.15, 0.2) is 0 Å². The predicted molar refractivity (Wildman–Crippen MR) is 43.9 cm³/mol. The van der Waals surface area contributed by atoms with E-state index in [0.717, 1.165) is 5.56 Å². The van der Waals surface area contributed by atoms with Crippen LogP contribution in [0, 0.1) is 6.92 Å². The zero-order chi connectivity index (χ0) is 5.11. The third-order valence-electron chi connectivity index (χ3n) is 0.843. The Kier molecular flexibility index (Phi) is 27.3. The van der Waals surface area contributed by atoms with Crippen molar-refractivity contribution >= 4 is 35.5 Å². The van der Waals surface area contributed by atoms with Crippen LogP contribution in [0.1, 0.15) is 5.56 Å². The molecular formula is C7H8ClFMgZn. The summed E-state index contributed by atoms with van der Waals surface area (Å²) < 4.78 is 0. The van der Waals surface area contributed by atoms with Crippen LogP contribution in [0.15, 0.2) is 30.3 Å². The number of rotatable bonds is 0. The summed E-state index contributed by atoms with van der Waals surface area (Å²) in [6.45, 7) is 3.72. The van der Waals surface area contributed by atoms with Gasteiger partial charge in [0.25, 0.3) is 0 Å². The van der Waals surface area contributed by atoms with Crippen LogP contribution in [-0.2, 0) is 19.5 Å². The predicted octanol–water partition coefficient (Wildman–Crippen LogP) is -1.09. The van der Waals surface area contributed by atoms with Gasteiger partial charge in [0, 0.05) is 19.5 Å². The number of hydrogen-bond acceptors (Lipinski definition) is 0. The maximum atomic E-state index is 3.72. The Bertz CT molecular complexity index is 148. The fraction of sp³-hybridized carbons (Fsp3) is 0. The van der Waals surface area contributed by atoms with Crippen molar-refractivity contribution in [3.8, 4) is 0 Å². The van der Waals surface area contributed by atoms with E-state index < -0.39 is 0 Å². The summed E-state index contributed by atoms with van der Waals surface area (Å²) in [6.07, 6.45) is 0. The zero-order valence-corrected chi connectivity index (χ0v) is 11.5. The van der Waals surface area contributed by atoms with E-state index in [1.807, 2.05) is 30.3 Å². The van der Waals surface area contributed by atoms with E-state index >= 15 is 0 Å². The van der Waals surface area contributed by atoms with Crippen molar-refractivity contribution in [1.29, 1.82) is 0 Å². The Morgan fingerprint density at radius 1 is 1.00 bits per heavy atom. The minimum atomic E-state index is 0. The number of hydrogen-bond donors (Lipinski definition) is 0. The SMILES string of the molecule is Cl.[CH2-]c1ccccc1.[F-].[Mg+2].[Zn]. The summed E-state index contributed by atoms with van der Waals surface area (Å²) in [7, 11) is 0. The van der Waals surface area contributed by atoms with Gasteiger partial charge in [-0.1, -0.05) is 6.07 Å². The molecular weight excluding hydrogens is 228 g/mol. The molecule has 0 fully saturated rings. The molecule has 1 aromatic carbocycles. The fourth-order valence-electron chi connectivity index (χ4n) is 0.478. The van der Waals surface area contributed by atoms with Crippen molar-refractivity contribution in [1.82, 2.24) is 0 Å². The summed E-state index contributed by atoms with van der Waals surface area (Å²) in [5.74, 6) is 0. The molecule has 11 heavy (non-hydrogen) atoms. The molecule has 0 aliphatic rings. The van der Waals surface area contributed by atoms with Crippen molar-refractivity contribution in [3.05, 3.63) is 42.8 Å². The van der Waals surface area contributed by atoms with Crippen molar-refractivity contribution in [2.24, 2.45) is 0 Å². The summed E-state index contributed by atoms with van der Waals surface area (Å²) in [6, 6.07) is 9.87. The van der Waals surface area contributed by atoms with E-state index in [2.05, 4.69) is 6.92 Å². The van der Waals surface area contributed by atoms with Crippen LogP contribution in [0.3, 0.4) is 0 Å². The molecule has 0 aliphatic heterocycles. The molecule has 0 heterocycles. The minimum absolute atomic E-state index is 0. The normalized spacial score (nSPS) is 5.45. The summed E-state index contributed by atoms with van der Waals surface area (Å²) in [5, 5.41) is 0. The average molecular weight is 236 g/mol. The van der Waals surface area contributed by atoms with Gasteiger partial charge in [0.05, 0.1) is 0 Å². The van der Waals surface area contributed by atoms with Gasteiger partial charge in [-0.15, -0.1) is 24.5 Å². The second kappa shape index (κ2) is 13.3. The third kappa shape index (κ3) is 10.7. The Morgan fingerprint density at radius 3 is 1.55 bits per heavy atom. The fourth-order valence-corrected chi connectivity index (χ4v) is 0.478. The first kappa shape index (κ1) is 22.6. The van der Waals surface area contributed by atoms with Gasteiger partial charge in [0.2, 0.25) is 0 Å². The smallest absolute Gasteiger partial charge is 1.00 e. The molecule has 0 radical (unpaired) electrons. The quantitative estimate of drug-likeness (QED) is 0.397. The molecule has 0 N–H and O–H groups in total. The number of benzene rings is 1. The van der Waals surface area contributed by atoms with Gasteiger partial charge in [-0.25, -0.2) is 0 Å². The van der Waals surface area contributed by atoms with E-state index in [4.69, 9.17) is 0 Å². The van der Waals surface area contributed by atoms with Gasteiger partial charge in [0.1, 0.15) is 0 Å². The maximum Gasteiger partial charge on any atom is 2.00 e. The number of halogens is 2. The van der Waals surface area contributed by atoms with Crippen molar-refractivity contribution in [3.63, 3.8) is 0 Å². The zero-order valence-electron chi connectivity index (χ0n) is 6.29. The molecule has 0 atom stereocenters. The molecule has 1 rings (SSSR count). The summed E-state index contributed by atoms with van der Waals surface area (Å²) >= 11 is 0. The maximum absolute atomic E-state index is 3.72. The van der Waals surface area contributed by atoms with Crippen molar-refractivity contribution in [2.45, 2.75) is 0 Å². The van der Waals surface area contributed by atoms with Gasteiger partial charge in [-0.3, -0.25) is 0 Å². The van der Waals surface area contributed by atoms with Crippen molar-refractivity contribution < 1.29 is 24.2 Å². The first-order valence-corrected chi connectivity index (χ1v) is 2.26. The largest absolute Gasteiger partial charge is 2.00 e. The molecule has 0 spiro atoms. The van der Waals surface area contributed by atoms with E-state index in [0.29, 0.717) is 0 Å². The Balaban J connectivity index is -0.0000000612. The monoisotopic (exact) mass is 234 g/mol. The van der Waals surface area contributed by atoms with Crippen LogP contribution in [0.25, 0.3) is 0 Å². The van der Waals surface area contributed by atoms with E-state index in [-0.39, 0.29) is 59.6 Å². The molecule has 0 nitrogen and oxygen atoms in total. The van der Waals surface area contributed by atoms with Crippen LogP contribution in [0.4, 0.5) is 0 Å².